The molecule has 3 aromatic rings. The molecular weight excluding hydrogens is 400 g/mol. The fraction of sp³-hybridized carbons (Fsp3) is 0.130. The first-order chi connectivity index (χ1) is 14.6. The number of carbonyl (C=O) groups is 2. The van der Waals surface area contributed by atoms with Crippen LogP contribution in [0.15, 0.2) is 78.9 Å². The van der Waals surface area contributed by atoms with Crippen LogP contribution in [-0.4, -0.2) is 36.5 Å². The van der Waals surface area contributed by atoms with Gasteiger partial charge in [-0.1, -0.05) is 29.8 Å². The first-order valence-electron chi connectivity index (χ1n) is 9.62. The Balaban J connectivity index is 1.31. The lowest BCUT2D eigenvalue weighted by molar-refractivity contribution is -0.116. The van der Waals surface area contributed by atoms with Crippen molar-refractivity contribution in [1.29, 1.82) is 0 Å². The summed E-state index contributed by atoms with van der Waals surface area (Å²) < 4.78 is 0. The van der Waals surface area contributed by atoms with Gasteiger partial charge in [0, 0.05) is 40.9 Å². The van der Waals surface area contributed by atoms with Crippen LogP contribution in [0.4, 0.5) is 27.5 Å². The number of urea groups is 1. The standard InChI is InChI=1S/C23H21ClN4O2/c24-17-6-12-21(13-7-17)28-15-14-27(23(28)30)16-22(29)26-20-10-8-19(9-11-20)25-18-4-2-1-3-5-18/h1-13,25H,14-16H2,(H,26,29). The highest BCUT2D eigenvalue weighted by molar-refractivity contribution is 6.30. The Morgan fingerprint density at radius 1 is 0.833 bits per heavy atom. The summed E-state index contributed by atoms with van der Waals surface area (Å²) in [5.41, 5.74) is 3.37. The maximum atomic E-state index is 12.6. The van der Waals surface area contributed by atoms with Gasteiger partial charge in [0.1, 0.15) is 6.54 Å². The number of nitrogens with one attached hydrogen (secondary N) is 2. The summed E-state index contributed by atoms with van der Waals surface area (Å²) in [5, 5.41) is 6.76. The zero-order chi connectivity index (χ0) is 20.9. The number of amides is 3. The summed E-state index contributed by atoms with van der Waals surface area (Å²) in [4.78, 5) is 28.2. The highest BCUT2D eigenvalue weighted by Gasteiger charge is 2.30. The third kappa shape index (κ3) is 4.72. The molecule has 1 fully saturated rings. The molecule has 2 N–H and O–H groups in total. The van der Waals surface area contributed by atoms with Gasteiger partial charge in [0.05, 0.1) is 0 Å². The number of hydrogen-bond donors (Lipinski definition) is 2. The predicted molar refractivity (Wildman–Crippen MR) is 121 cm³/mol. The molecule has 6 nitrogen and oxygen atoms in total. The molecule has 0 unspecified atom stereocenters. The van der Waals surface area contributed by atoms with Crippen molar-refractivity contribution in [3.8, 4) is 0 Å². The van der Waals surface area contributed by atoms with Crippen molar-refractivity contribution in [2.45, 2.75) is 0 Å². The van der Waals surface area contributed by atoms with Crippen LogP contribution in [0.3, 0.4) is 0 Å². The van der Waals surface area contributed by atoms with Crippen molar-refractivity contribution in [3.63, 3.8) is 0 Å². The maximum absolute atomic E-state index is 12.6. The van der Waals surface area contributed by atoms with Crippen LogP contribution in [0.2, 0.25) is 5.02 Å². The van der Waals surface area contributed by atoms with Gasteiger partial charge in [0.25, 0.3) is 0 Å². The van der Waals surface area contributed by atoms with Crippen molar-refractivity contribution in [2.75, 3.05) is 35.2 Å². The smallest absolute Gasteiger partial charge is 0.325 e. The molecule has 3 amide bonds. The third-order valence-corrected chi connectivity index (χ3v) is 5.05. The minimum atomic E-state index is -0.231. The molecule has 4 rings (SSSR count). The Kier molecular flexibility index (Phi) is 5.86. The molecule has 0 saturated carbocycles. The summed E-state index contributed by atoms with van der Waals surface area (Å²) in [6.45, 7) is 1.04. The highest BCUT2D eigenvalue weighted by Crippen LogP contribution is 2.23. The fourth-order valence-corrected chi connectivity index (χ4v) is 3.41. The monoisotopic (exact) mass is 420 g/mol. The van der Waals surface area contributed by atoms with Crippen LogP contribution in [0, 0.1) is 0 Å². The maximum Gasteiger partial charge on any atom is 0.325 e. The van der Waals surface area contributed by atoms with Gasteiger partial charge in [-0.05, 0) is 60.7 Å². The number of hydrogen-bond acceptors (Lipinski definition) is 3. The van der Waals surface area contributed by atoms with Gasteiger partial charge in [0.2, 0.25) is 5.91 Å². The topological polar surface area (TPSA) is 64.7 Å². The molecule has 0 atom stereocenters. The molecule has 1 saturated heterocycles. The number of carbonyl (C=O) groups excluding carboxylic acids is 2. The Bertz CT molecular complexity index is 1020. The lowest BCUT2D eigenvalue weighted by Crippen LogP contribution is -2.37. The summed E-state index contributed by atoms with van der Waals surface area (Å²) in [5.74, 6) is -0.231. The van der Waals surface area contributed by atoms with Gasteiger partial charge in [-0.25, -0.2) is 4.79 Å². The van der Waals surface area contributed by atoms with E-state index < -0.39 is 0 Å². The van der Waals surface area contributed by atoms with E-state index in [-0.39, 0.29) is 18.5 Å². The number of rotatable bonds is 6. The van der Waals surface area contributed by atoms with Crippen LogP contribution in [-0.2, 0) is 4.79 Å². The summed E-state index contributed by atoms with van der Waals surface area (Å²) in [6.07, 6.45) is 0. The van der Waals surface area contributed by atoms with Crippen LogP contribution < -0.4 is 15.5 Å². The van der Waals surface area contributed by atoms with Gasteiger partial charge in [-0.15, -0.1) is 0 Å². The Morgan fingerprint density at radius 3 is 2.17 bits per heavy atom. The quantitative estimate of drug-likeness (QED) is 0.592. The molecule has 152 valence electrons. The summed E-state index contributed by atoms with van der Waals surface area (Å²) in [6, 6.07) is 24.2. The third-order valence-electron chi connectivity index (χ3n) is 4.80. The molecule has 0 aliphatic carbocycles. The molecule has 30 heavy (non-hydrogen) atoms. The lowest BCUT2D eigenvalue weighted by atomic mass is 10.2. The van der Waals surface area contributed by atoms with E-state index in [4.69, 9.17) is 11.6 Å². The van der Waals surface area contributed by atoms with Crippen LogP contribution in [0.1, 0.15) is 0 Å². The fourth-order valence-electron chi connectivity index (χ4n) is 3.29. The number of halogens is 1. The molecule has 0 bridgehead atoms. The zero-order valence-electron chi connectivity index (χ0n) is 16.2. The number of anilines is 4. The van der Waals surface area contributed by atoms with Crippen molar-refractivity contribution < 1.29 is 9.59 Å². The van der Waals surface area contributed by atoms with Gasteiger partial charge >= 0.3 is 6.03 Å². The lowest BCUT2D eigenvalue weighted by Gasteiger charge is -2.18. The number of para-hydroxylation sites is 1. The largest absolute Gasteiger partial charge is 0.356 e. The van der Waals surface area contributed by atoms with E-state index in [1.54, 1.807) is 29.2 Å². The molecule has 3 aromatic carbocycles. The van der Waals surface area contributed by atoms with Crippen molar-refractivity contribution in [1.82, 2.24) is 4.90 Å². The number of nitrogens with zero attached hydrogens (tertiary/aromatic N) is 2. The Labute approximate surface area is 180 Å². The van der Waals surface area contributed by atoms with Crippen LogP contribution in [0.5, 0.6) is 0 Å². The molecule has 1 aliphatic rings. The number of benzene rings is 3. The predicted octanol–water partition coefficient (Wildman–Crippen LogP) is 4.96. The molecule has 0 spiro atoms. The van der Waals surface area contributed by atoms with Crippen molar-refractivity contribution >= 4 is 46.3 Å². The van der Waals surface area contributed by atoms with Crippen LogP contribution in [0.25, 0.3) is 0 Å². The summed E-state index contributed by atoms with van der Waals surface area (Å²) >= 11 is 5.91. The second-order valence-corrected chi connectivity index (χ2v) is 7.39. The SMILES string of the molecule is O=C(CN1CCN(c2ccc(Cl)cc2)C1=O)Nc1ccc(Nc2ccccc2)cc1. The normalized spacial score (nSPS) is 13.4. The molecule has 1 aliphatic heterocycles. The van der Waals surface area contributed by atoms with Gasteiger partial charge in [-0.2, -0.15) is 0 Å². The van der Waals surface area contributed by atoms with E-state index in [1.165, 1.54) is 4.90 Å². The van der Waals surface area contributed by atoms with E-state index in [1.807, 2.05) is 54.6 Å². The molecule has 1 heterocycles. The van der Waals surface area contributed by atoms with Gasteiger partial charge in [0.15, 0.2) is 0 Å². The minimum absolute atomic E-state index is 0.00688. The average Bonchev–Trinajstić information content (AvgIpc) is 3.11. The molecular formula is C23H21ClN4O2. The first-order valence-corrected chi connectivity index (χ1v) is 10.0. The first kappa shape index (κ1) is 19.8. The van der Waals surface area contributed by atoms with Crippen molar-refractivity contribution in [2.24, 2.45) is 0 Å². The molecule has 0 aromatic heterocycles. The van der Waals surface area contributed by atoms with E-state index in [0.717, 1.165) is 17.1 Å². The Morgan fingerprint density at radius 2 is 1.47 bits per heavy atom. The van der Waals surface area contributed by atoms with E-state index in [2.05, 4.69) is 10.6 Å². The van der Waals surface area contributed by atoms with Crippen molar-refractivity contribution in [3.05, 3.63) is 83.9 Å². The minimum Gasteiger partial charge on any atom is -0.356 e. The van der Waals surface area contributed by atoms with E-state index in [0.29, 0.717) is 23.8 Å². The summed E-state index contributed by atoms with van der Waals surface area (Å²) in [7, 11) is 0. The Hall–Kier alpha value is -3.51. The second-order valence-electron chi connectivity index (χ2n) is 6.95. The second kappa shape index (κ2) is 8.88. The average molecular weight is 421 g/mol. The van der Waals surface area contributed by atoms with E-state index in [9.17, 15) is 9.59 Å². The molecule has 0 radical (unpaired) electrons. The van der Waals surface area contributed by atoms with Crippen LogP contribution >= 0.6 is 11.6 Å². The van der Waals surface area contributed by atoms with E-state index >= 15 is 0 Å². The zero-order valence-corrected chi connectivity index (χ0v) is 17.0. The highest BCUT2D eigenvalue weighted by atomic mass is 35.5. The van der Waals surface area contributed by atoms with Gasteiger partial charge in [-0.3, -0.25) is 9.69 Å². The molecule has 7 heteroatoms. The van der Waals surface area contributed by atoms with Gasteiger partial charge < -0.3 is 15.5 Å².